The van der Waals surface area contributed by atoms with Gasteiger partial charge in [0, 0.05) is 0 Å². The molecule has 0 aliphatic rings. The van der Waals surface area contributed by atoms with E-state index in [0.29, 0.717) is 12.0 Å². The molecule has 0 unspecified atom stereocenters. The van der Waals surface area contributed by atoms with Crippen molar-refractivity contribution in [3.05, 3.63) is 35.7 Å². The zero-order valence-electron chi connectivity index (χ0n) is 10.5. The number of nitrogens with one attached hydrogen (secondary N) is 2. The first-order valence-electron chi connectivity index (χ1n) is 5.68. The van der Waals surface area contributed by atoms with Crippen molar-refractivity contribution in [2.24, 2.45) is 0 Å². The van der Waals surface area contributed by atoms with Crippen LogP contribution in [0, 0.1) is 0 Å². The van der Waals surface area contributed by atoms with E-state index in [1.54, 1.807) is 6.92 Å². The molecule has 0 atom stereocenters. The van der Waals surface area contributed by atoms with Gasteiger partial charge in [0.05, 0.1) is 10.5 Å². The lowest BCUT2D eigenvalue weighted by atomic mass is 10.1. The molecular weight excluding hydrogens is 284 g/mol. The van der Waals surface area contributed by atoms with Crippen LogP contribution in [-0.2, 0) is 16.4 Å². The zero-order valence-corrected chi connectivity index (χ0v) is 11.3. The van der Waals surface area contributed by atoms with E-state index in [4.69, 9.17) is 5.11 Å². The number of aromatic amines is 1. The molecule has 1 aromatic heterocycles. The quantitative estimate of drug-likeness (QED) is 0.751. The Morgan fingerprint density at radius 1 is 1.45 bits per heavy atom. The number of hydrogen-bond acceptors (Lipinski definition) is 5. The zero-order chi connectivity index (χ0) is 14.8. The van der Waals surface area contributed by atoms with E-state index in [2.05, 4.69) is 19.9 Å². The summed E-state index contributed by atoms with van der Waals surface area (Å²) in [5.74, 6) is -1.23. The summed E-state index contributed by atoms with van der Waals surface area (Å²) in [6.45, 7) is 1.78. The molecule has 0 spiro atoms. The second kappa shape index (κ2) is 5.29. The van der Waals surface area contributed by atoms with Gasteiger partial charge in [-0.2, -0.15) is 10.1 Å². The van der Waals surface area contributed by atoms with E-state index < -0.39 is 16.0 Å². The van der Waals surface area contributed by atoms with Gasteiger partial charge in [-0.25, -0.2) is 23.0 Å². The first-order valence-corrected chi connectivity index (χ1v) is 7.16. The first kappa shape index (κ1) is 14.0. The van der Waals surface area contributed by atoms with Gasteiger partial charge in [0.15, 0.2) is 0 Å². The number of carboxylic acids is 1. The molecular formula is C11H12N4O4S. The van der Waals surface area contributed by atoms with Gasteiger partial charge in [-0.15, -0.1) is 0 Å². The van der Waals surface area contributed by atoms with Gasteiger partial charge in [-0.1, -0.05) is 13.0 Å². The molecule has 1 heterocycles. The SMILES string of the molecule is CCc1ccc(C(=O)O)cc1S(=O)(=O)Nc1ncn[nH]1. The first-order chi connectivity index (χ1) is 9.44. The average molecular weight is 296 g/mol. The third-order valence-electron chi connectivity index (χ3n) is 2.63. The maximum Gasteiger partial charge on any atom is 0.335 e. The molecule has 0 radical (unpaired) electrons. The second-order valence-electron chi connectivity index (χ2n) is 3.92. The predicted octanol–water partition coefficient (Wildman–Crippen LogP) is 0.866. The molecule has 0 aliphatic carbocycles. The van der Waals surface area contributed by atoms with Gasteiger partial charge in [-0.05, 0) is 24.1 Å². The minimum absolute atomic E-state index is 0.0345. The highest BCUT2D eigenvalue weighted by Gasteiger charge is 2.21. The van der Waals surface area contributed by atoms with Gasteiger partial charge in [0.1, 0.15) is 6.33 Å². The predicted molar refractivity (Wildman–Crippen MR) is 70.0 cm³/mol. The molecule has 0 saturated carbocycles. The van der Waals surface area contributed by atoms with Crippen molar-refractivity contribution in [2.75, 3.05) is 4.72 Å². The van der Waals surface area contributed by atoms with Crippen LogP contribution in [0.4, 0.5) is 5.95 Å². The van der Waals surface area contributed by atoms with Crippen LogP contribution in [0.2, 0.25) is 0 Å². The molecule has 0 aliphatic heterocycles. The van der Waals surface area contributed by atoms with Crippen LogP contribution >= 0.6 is 0 Å². The van der Waals surface area contributed by atoms with Crippen LogP contribution in [0.3, 0.4) is 0 Å². The van der Waals surface area contributed by atoms with E-state index in [1.807, 2.05) is 0 Å². The van der Waals surface area contributed by atoms with E-state index in [9.17, 15) is 13.2 Å². The van der Waals surface area contributed by atoms with Crippen LogP contribution in [0.1, 0.15) is 22.8 Å². The number of benzene rings is 1. The van der Waals surface area contributed by atoms with Gasteiger partial charge in [0.25, 0.3) is 10.0 Å². The summed E-state index contributed by atoms with van der Waals surface area (Å²) >= 11 is 0. The Morgan fingerprint density at radius 3 is 2.75 bits per heavy atom. The van der Waals surface area contributed by atoms with Crippen LogP contribution < -0.4 is 4.72 Å². The summed E-state index contributed by atoms with van der Waals surface area (Å²) in [5.41, 5.74) is 0.419. The standard InChI is InChI=1S/C11H12N4O4S/c1-2-7-3-4-8(10(16)17)5-9(7)20(18,19)15-11-12-6-13-14-11/h3-6H,2H2,1H3,(H,16,17)(H2,12,13,14,15). The maximum absolute atomic E-state index is 12.3. The van der Waals surface area contributed by atoms with Crippen LogP contribution in [0.15, 0.2) is 29.4 Å². The van der Waals surface area contributed by atoms with Gasteiger partial charge in [0.2, 0.25) is 5.95 Å². The lowest BCUT2D eigenvalue weighted by molar-refractivity contribution is 0.0696. The number of carboxylic acid groups (broad SMARTS) is 1. The number of carbonyl (C=O) groups is 1. The maximum atomic E-state index is 12.3. The van der Waals surface area contributed by atoms with Crippen molar-refractivity contribution in [1.29, 1.82) is 0 Å². The van der Waals surface area contributed by atoms with Crippen molar-refractivity contribution in [3.63, 3.8) is 0 Å². The minimum Gasteiger partial charge on any atom is -0.478 e. The number of hydrogen-bond donors (Lipinski definition) is 3. The molecule has 0 fully saturated rings. The number of H-pyrrole nitrogens is 1. The Bertz CT molecular complexity index is 725. The van der Waals surface area contributed by atoms with E-state index in [1.165, 1.54) is 12.1 Å². The normalized spacial score (nSPS) is 11.2. The molecule has 106 valence electrons. The Kier molecular flexibility index (Phi) is 3.70. The summed E-state index contributed by atoms with van der Waals surface area (Å²) < 4.78 is 26.7. The summed E-state index contributed by atoms with van der Waals surface area (Å²) in [6.07, 6.45) is 1.61. The Morgan fingerprint density at radius 2 is 2.20 bits per heavy atom. The van der Waals surface area contributed by atoms with Gasteiger partial charge in [-0.3, -0.25) is 0 Å². The smallest absolute Gasteiger partial charge is 0.335 e. The fourth-order valence-corrected chi connectivity index (χ4v) is 2.97. The van der Waals surface area contributed by atoms with Crippen LogP contribution in [-0.4, -0.2) is 34.7 Å². The number of sulfonamides is 1. The van der Waals surface area contributed by atoms with Crippen molar-refractivity contribution in [1.82, 2.24) is 15.2 Å². The molecule has 2 aromatic rings. The molecule has 1 aromatic carbocycles. The molecule has 8 nitrogen and oxygen atoms in total. The Hall–Kier alpha value is -2.42. The van der Waals surface area contributed by atoms with E-state index >= 15 is 0 Å². The third-order valence-corrected chi connectivity index (χ3v) is 4.05. The van der Waals surface area contributed by atoms with Gasteiger partial charge >= 0.3 is 5.97 Å². The number of aryl methyl sites for hydroxylation is 1. The van der Waals surface area contributed by atoms with Crippen molar-refractivity contribution in [3.8, 4) is 0 Å². The number of anilines is 1. The fourth-order valence-electron chi connectivity index (χ4n) is 1.67. The highest BCUT2D eigenvalue weighted by molar-refractivity contribution is 7.92. The lowest BCUT2D eigenvalue weighted by Gasteiger charge is -2.10. The summed E-state index contributed by atoms with van der Waals surface area (Å²) in [5, 5.41) is 14.9. The van der Waals surface area contributed by atoms with Crippen molar-refractivity contribution >= 4 is 21.9 Å². The number of aromatic carboxylic acids is 1. The third kappa shape index (κ3) is 2.77. The van der Waals surface area contributed by atoms with Crippen molar-refractivity contribution in [2.45, 2.75) is 18.2 Å². The van der Waals surface area contributed by atoms with Gasteiger partial charge < -0.3 is 5.11 Å². The largest absolute Gasteiger partial charge is 0.478 e. The lowest BCUT2D eigenvalue weighted by Crippen LogP contribution is -2.16. The molecule has 0 bridgehead atoms. The fraction of sp³-hybridized carbons (Fsp3) is 0.182. The monoisotopic (exact) mass is 296 g/mol. The molecule has 20 heavy (non-hydrogen) atoms. The molecule has 9 heteroatoms. The summed E-state index contributed by atoms with van der Waals surface area (Å²) in [6, 6.07) is 3.98. The number of rotatable bonds is 5. The van der Waals surface area contributed by atoms with Crippen LogP contribution in [0.25, 0.3) is 0 Å². The number of aromatic nitrogens is 3. The summed E-state index contributed by atoms with van der Waals surface area (Å²) in [7, 11) is -3.93. The molecule has 3 N–H and O–H groups in total. The molecule has 0 amide bonds. The van der Waals surface area contributed by atoms with E-state index in [-0.39, 0.29) is 16.4 Å². The average Bonchev–Trinajstić information content (AvgIpc) is 2.90. The van der Waals surface area contributed by atoms with Crippen molar-refractivity contribution < 1.29 is 18.3 Å². The van der Waals surface area contributed by atoms with Crippen LogP contribution in [0.5, 0.6) is 0 Å². The topological polar surface area (TPSA) is 125 Å². The summed E-state index contributed by atoms with van der Waals surface area (Å²) in [4.78, 5) is 14.5. The Balaban J connectivity index is 2.48. The highest BCUT2D eigenvalue weighted by Crippen LogP contribution is 2.20. The van der Waals surface area contributed by atoms with E-state index in [0.717, 1.165) is 12.4 Å². The minimum atomic E-state index is -3.93. The second-order valence-corrected chi connectivity index (χ2v) is 5.57. The molecule has 2 rings (SSSR count). The molecule has 0 saturated heterocycles. The Labute approximate surface area is 114 Å². The number of nitrogens with zero attached hydrogens (tertiary/aromatic N) is 2. The highest BCUT2D eigenvalue weighted by atomic mass is 32.2.